The fourth-order valence-corrected chi connectivity index (χ4v) is 8.46. The van der Waals surface area contributed by atoms with E-state index in [4.69, 9.17) is 14.2 Å². The van der Waals surface area contributed by atoms with Crippen molar-refractivity contribution in [2.24, 2.45) is 11.8 Å². The van der Waals surface area contributed by atoms with Crippen molar-refractivity contribution in [2.45, 2.75) is 317 Å². The smallest absolute Gasteiger partial charge is 0.306 e. The van der Waals surface area contributed by atoms with Crippen LogP contribution in [0.1, 0.15) is 311 Å². The van der Waals surface area contributed by atoms with Gasteiger partial charge in [0, 0.05) is 19.3 Å². The highest BCUT2D eigenvalue weighted by Gasteiger charge is 2.19. The van der Waals surface area contributed by atoms with E-state index in [1.165, 1.54) is 199 Å². The van der Waals surface area contributed by atoms with Crippen LogP contribution in [0.2, 0.25) is 0 Å². The maximum absolute atomic E-state index is 12.8. The second-order valence-electron chi connectivity index (χ2n) is 19.7. The largest absolute Gasteiger partial charge is 0.462 e. The van der Waals surface area contributed by atoms with Gasteiger partial charge in [-0.15, -0.1) is 0 Å². The molecule has 3 atom stereocenters. The molecule has 0 aliphatic carbocycles. The molecule has 368 valence electrons. The summed E-state index contributed by atoms with van der Waals surface area (Å²) in [5, 5.41) is 0. The zero-order valence-electron chi connectivity index (χ0n) is 42.5. The first-order valence-corrected chi connectivity index (χ1v) is 27.8. The molecule has 0 spiro atoms. The maximum Gasteiger partial charge on any atom is 0.306 e. The van der Waals surface area contributed by atoms with E-state index in [2.05, 4.69) is 34.6 Å². The van der Waals surface area contributed by atoms with Crippen LogP contribution in [0.4, 0.5) is 0 Å². The van der Waals surface area contributed by atoms with E-state index in [-0.39, 0.29) is 31.1 Å². The van der Waals surface area contributed by atoms with E-state index in [1.54, 1.807) is 0 Å². The minimum atomic E-state index is -0.762. The normalized spacial score (nSPS) is 12.9. The lowest BCUT2D eigenvalue weighted by atomic mass is 9.99. The summed E-state index contributed by atoms with van der Waals surface area (Å²) in [7, 11) is 0. The molecule has 0 aliphatic heterocycles. The fraction of sp³-hybridized carbons (Fsp3) is 0.946. The summed E-state index contributed by atoms with van der Waals surface area (Å²) in [6, 6.07) is 0. The van der Waals surface area contributed by atoms with Crippen molar-refractivity contribution >= 4 is 17.9 Å². The Morgan fingerprint density at radius 3 is 0.839 bits per heavy atom. The molecule has 0 rings (SSSR count). The highest BCUT2D eigenvalue weighted by atomic mass is 16.6. The summed E-state index contributed by atoms with van der Waals surface area (Å²) in [5.41, 5.74) is 0. The predicted octanol–water partition coefficient (Wildman–Crippen LogP) is 18.1. The van der Waals surface area contributed by atoms with Crippen molar-refractivity contribution in [2.75, 3.05) is 13.2 Å². The van der Waals surface area contributed by atoms with Crippen LogP contribution >= 0.6 is 0 Å². The molecule has 0 aromatic rings. The number of carbonyl (C=O) groups is 3. The molecule has 6 heteroatoms. The van der Waals surface area contributed by atoms with Gasteiger partial charge in [0.1, 0.15) is 13.2 Å². The molecule has 0 N–H and O–H groups in total. The molecule has 0 saturated heterocycles. The van der Waals surface area contributed by atoms with Crippen LogP contribution in [0.5, 0.6) is 0 Å². The van der Waals surface area contributed by atoms with E-state index in [0.29, 0.717) is 19.3 Å². The van der Waals surface area contributed by atoms with E-state index < -0.39 is 6.10 Å². The average molecular weight is 877 g/mol. The SMILES string of the molecule is CCCCCCCCCCCCCCC(=O)OC[C@@H](COC(=O)CCCCCCCCCCCCCCCCCCCCC(C)CC)OC(=O)CCCCCCCCC(C)CC. The first-order valence-electron chi connectivity index (χ1n) is 27.8. The lowest BCUT2D eigenvalue weighted by Crippen LogP contribution is -2.30. The Hall–Kier alpha value is -1.59. The summed E-state index contributed by atoms with van der Waals surface area (Å²) in [6.45, 7) is 11.4. The number of esters is 3. The van der Waals surface area contributed by atoms with Gasteiger partial charge in [-0.05, 0) is 31.1 Å². The van der Waals surface area contributed by atoms with Crippen LogP contribution in [0.15, 0.2) is 0 Å². The number of rotatable bonds is 50. The molecular weight excluding hydrogens is 769 g/mol. The Bertz CT molecular complexity index is 951. The van der Waals surface area contributed by atoms with Crippen molar-refractivity contribution in [3.63, 3.8) is 0 Å². The molecule has 0 saturated carbocycles. The van der Waals surface area contributed by atoms with Crippen molar-refractivity contribution < 1.29 is 28.6 Å². The average Bonchev–Trinajstić information content (AvgIpc) is 3.27. The van der Waals surface area contributed by atoms with Crippen molar-refractivity contribution in [1.82, 2.24) is 0 Å². The number of carbonyl (C=O) groups excluding carboxylic acids is 3. The Kier molecular flexibility index (Phi) is 47.6. The lowest BCUT2D eigenvalue weighted by molar-refractivity contribution is -0.167. The molecule has 0 radical (unpaired) electrons. The molecule has 0 aromatic carbocycles. The van der Waals surface area contributed by atoms with Crippen LogP contribution in [0, 0.1) is 11.8 Å². The number of unbranched alkanes of at least 4 members (excludes halogenated alkanes) is 33. The molecule has 2 unspecified atom stereocenters. The molecular formula is C56H108O6. The summed E-state index contributed by atoms with van der Waals surface area (Å²) in [4.78, 5) is 38.0. The quantitative estimate of drug-likeness (QED) is 0.0344. The number of hydrogen-bond acceptors (Lipinski definition) is 6. The minimum absolute atomic E-state index is 0.0641. The van der Waals surface area contributed by atoms with Gasteiger partial charge in [-0.3, -0.25) is 14.4 Å². The van der Waals surface area contributed by atoms with Crippen molar-refractivity contribution in [3.8, 4) is 0 Å². The van der Waals surface area contributed by atoms with E-state index >= 15 is 0 Å². The third-order valence-electron chi connectivity index (χ3n) is 13.4. The first kappa shape index (κ1) is 60.4. The molecule has 0 aromatic heterocycles. The summed E-state index contributed by atoms with van der Waals surface area (Å²) in [5.74, 6) is 0.872. The van der Waals surface area contributed by atoms with Crippen LogP contribution in [-0.4, -0.2) is 37.2 Å². The van der Waals surface area contributed by atoms with Crippen molar-refractivity contribution in [3.05, 3.63) is 0 Å². The Morgan fingerprint density at radius 2 is 0.565 bits per heavy atom. The van der Waals surface area contributed by atoms with Gasteiger partial charge in [0.05, 0.1) is 0 Å². The van der Waals surface area contributed by atoms with Gasteiger partial charge in [-0.1, -0.05) is 272 Å². The van der Waals surface area contributed by atoms with Gasteiger partial charge in [0.2, 0.25) is 0 Å². The predicted molar refractivity (Wildman–Crippen MR) is 266 cm³/mol. The Morgan fingerprint density at radius 1 is 0.323 bits per heavy atom. The standard InChI is InChI=1S/C56H108O6/c1-6-9-10-11-12-13-14-24-27-30-36-41-46-54(57)60-49-53(62-56(59)48-43-38-33-32-35-40-45-52(5)8-3)50-61-55(58)47-42-37-31-28-25-22-20-18-16-15-17-19-21-23-26-29-34-39-44-51(4)7-2/h51-53H,6-50H2,1-5H3/t51?,52?,53-/m0/s1. The van der Waals surface area contributed by atoms with Gasteiger partial charge in [0.25, 0.3) is 0 Å². The second kappa shape index (κ2) is 48.9. The monoisotopic (exact) mass is 877 g/mol. The number of hydrogen-bond donors (Lipinski definition) is 0. The van der Waals surface area contributed by atoms with E-state index in [9.17, 15) is 14.4 Å². The van der Waals surface area contributed by atoms with Gasteiger partial charge < -0.3 is 14.2 Å². The second-order valence-corrected chi connectivity index (χ2v) is 19.7. The van der Waals surface area contributed by atoms with E-state index in [1.807, 2.05) is 0 Å². The summed E-state index contributed by atoms with van der Waals surface area (Å²) in [6.07, 6.45) is 51.0. The summed E-state index contributed by atoms with van der Waals surface area (Å²) >= 11 is 0. The maximum atomic E-state index is 12.8. The highest BCUT2D eigenvalue weighted by Crippen LogP contribution is 2.19. The number of ether oxygens (including phenoxy) is 3. The molecule has 0 fully saturated rings. The third kappa shape index (κ3) is 46.4. The van der Waals surface area contributed by atoms with E-state index in [0.717, 1.165) is 69.6 Å². The summed E-state index contributed by atoms with van der Waals surface area (Å²) < 4.78 is 16.8. The van der Waals surface area contributed by atoms with Crippen LogP contribution in [-0.2, 0) is 28.6 Å². The van der Waals surface area contributed by atoms with Crippen molar-refractivity contribution in [1.29, 1.82) is 0 Å². The van der Waals surface area contributed by atoms with Crippen LogP contribution in [0.3, 0.4) is 0 Å². The van der Waals surface area contributed by atoms with Gasteiger partial charge in [-0.2, -0.15) is 0 Å². The van der Waals surface area contributed by atoms with Gasteiger partial charge in [-0.25, -0.2) is 0 Å². The molecule has 0 heterocycles. The molecule has 6 nitrogen and oxygen atoms in total. The topological polar surface area (TPSA) is 78.9 Å². The zero-order valence-corrected chi connectivity index (χ0v) is 42.5. The Balaban J connectivity index is 4.17. The zero-order chi connectivity index (χ0) is 45.4. The van der Waals surface area contributed by atoms with Crippen LogP contribution in [0.25, 0.3) is 0 Å². The molecule has 62 heavy (non-hydrogen) atoms. The molecule has 0 aliphatic rings. The van der Waals surface area contributed by atoms with Gasteiger partial charge >= 0.3 is 17.9 Å². The molecule has 0 amide bonds. The minimum Gasteiger partial charge on any atom is -0.462 e. The highest BCUT2D eigenvalue weighted by molar-refractivity contribution is 5.71. The Labute approximate surface area is 387 Å². The first-order chi connectivity index (χ1) is 30.3. The third-order valence-corrected chi connectivity index (χ3v) is 13.4. The fourth-order valence-electron chi connectivity index (χ4n) is 8.46. The van der Waals surface area contributed by atoms with Gasteiger partial charge in [0.15, 0.2) is 6.10 Å². The van der Waals surface area contributed by atoms with Crippen LogP contribution < -0.4 is 0 Å². The molecule has 0 bridgehead atoms. The lowest BCUT2D eigenvalue weighted by Gasteiger charge is -2.18.